The average Bonchev–Trinajstić information content (AvgIpc) is 3.29. The summed E-state index contributed by atoms with van der Waals surface area (Å²) in [6.07, 6.45) is -0.842. The van der Waals surface area contributed by atoms with Gasteiger partial charge in [-0.3, -0.25) is 0 Å². The summed E-state index contributed by atoms with van der Waals surface area (Å²) in [6, 6.07) is 6.23. The van der Waals surface area contributed by atoms with Crippen LogP contribution in [0.25, 0.3) is 0 Å². The highest BCUT2D eigenvalue weighted by atomic mass is 32.3. The maximum atomic E-state index is 13.2. The van der Waals surface area contributed by atoms with Crippen LogP contribution in [0.3, 0.4) is 0 Å². The van der Waals surface area contributed by atoms with Crippen molar-refractivity contribution in [3.8, 4) is 5.75 Å². The number of thiophene rings is 1. The minimum atomic E-state index is -4.46. The van der Waals surface area contributed by atoms with E-state index < -0.39 is 37.3 Å². The summed E-state index contributed by atoms with van der Waals surface area (Å²) in [4.78, 5) is 26.8. The Morgan fingerprint density at radius 2 is 2.00 bits per heavy atom. The third kappa shape index (κ3) is 7.14. The summed E-state index contributed by atoms with van der Waals surface area (Å²) in [7, 11) is -6.89. The molecule has 0 spiro atoms. The van der Waals surface area contributed by atoms with Crippen molar-refractivity contribution < 1.29 is 41.0 Å². The maximum absolute atomic E-state index is 13.2. The van der Waals surface area contributed by atoms with Crippen molar-refractivity contribution in [3.05, 3.63) is 51.6 Å². The number of likely N-dealkylation sites (N-methyl/N-ethyl adjacent to an activating group) is 1. The molecule has 2 heterocycles. The SMILES string of the molecule is CCN[C@H]1CN(CCCOC)S(=O)(=O)c2sc(S(=O)(=O)NC(=O)Oc3ccc(CO[N+](=O)[O-])cc3)cc21. The van der Waals surface area contributed by atoms with E-state index in [4.69, 9.17) is 9.47 Å². The van der Waals surface area contributed by atoms with E-state index in [-0.39, 0.29) is 33.9 Å². The number of carbonyl (C=O) groups is 1. The highest BCUT2D eigenvalue weighted by Gasteiger charge is 2.40. The number of methoxy groups -OCH3 is 1. The van der Waals surface area contributed by atoms with Gasteiger partial charge in [0.25, 0.3) is 25.1 Å². The molecule has 1 atom stereocenters. The van der Waals surface area contributed by atoms with Gasteiger partial charge in [0.05, 0.1) is 0 Å². The second kappa shape index (κ2) is 12.1. The topological polar surface area (TPSA) is 183 Å². The molecular formula is C20H26N4O10S3. The van der Waals surface area contributed by atoms with Gasteiger partial charge in [-0.05, 0) is 36.7 Å². The number of carbonyl (C=O) groups excluding carboxylic acids is 1. The molecule has 17 heteroatoms. The smallest absolute Gasteiger partial charge is 0.410 e. The van der Waals surface area contributed by atoms with E-state index in [0.29, 0.717) is 42.0 Å². The van der Waals surface area contributed by atoms with Crippen molar-refractivity contribution in [1.82, 2.24) is 14.3 Å². The minimum absolute atomic E-state index is 0.0236. The lowest BCUT2D eigenvalue weighted by atomic mass is 10.1. The van der Waals surface area contributed by atoms with Crippen molar-refractivity contribution in [2.45, 2.75) is 34.4 Å². The third-order valence-electron chi connectivity index (χ3n) is 5.20. The van der Waals surface area contributed by atoms with Crippen LogP contribution in [0.2, 0.25) is 0 Å². The van der Waals surface area contributed by atoms with Crippen molar-refractivity contribution >= 4 is 37.5 Å². The number of benzene rings is 1. The zero-order valence-electron chi connectivity index (χ0n) is 19.9. The fourth-order valence-corrected chi connectivity index (χ4v) is 8.30. The van der Waals surface area contributed by atoms with E-state index in [2.05, 4.69) is 10.2 Å². The number of fused-ring (bicyclic) bond motifs is 1. The lowest BCUT2D eigenvalue weighted by Gasteiger charge is -2.32. The fourth-order valence-electron chi connectivity index (χ4n) is 3.55. The van der Waals surface area contributed by atoms with Gasteiger partial charge in [-0.25, -0.2) is 26.4 Å². The molecule has 1 aromatic carbocycles. The number of hydrogen-bond acceptors (Lipinski definition) is 12. The maximum Gasteiger partial charge on any atom is 0.426 e. The lowest BCUT2D eigenvalue weighted by Crippen LogP contribution is -2.43. The number of hydrogen-bond donors (Lipinski definition) is 2. The molecule has 2 N–H and O–H groups in total. The number of rotatable bonds is 12. The molecule has 1 aliphatic heterocycles. The fraction of sp³-hybridized carbons (Fsp3) is 0.450. The van der Waals surface area contributed by atoms with Crippen molar-refractivity contribution in [2.75, 3.05) is 33.4 Å². The first-order valence-electron chi connectivity index (χ1n) is 10.9. The first kappa shape index (κ1) is 28.7. The number of amides is 1. The Morgan fingerprint density at radius 1 is 1.30 bits per heavy atom. The van der Waals surface area contributed by atoms with E-state index in [1.165, 1.54) is 41.7 Å². The Morgan fingerprint density at radius 3 is 2.62 bits per heavy atom. The monoisotopic (exact) mass is 578 g/mol. The van der Waals surface area contributed by atoms with Gasteiger partial charge >= 0.3 is 6.09 Å². The molecular weight excluding hydrogens is 552 g/mol. The first-order valence-corrected chi connectivity index (χ1v) is 14.7. The van der Waals surface area contributed by atoms with Gasteiger partial charge in [-0.15, -0.1) is 21.5 Å². The van der Waals surface area contributed by atoms with Crippen LogP contribution in [0.15, 0.2) is 38.8 Å². The second-order valence-electron chi connectivity index (χ2n) is 7.76. The molecule has 0 saturated heterocycles. The molecule has 1 amide bonds. The molecule has 1 aliphatic rings. The normalized spacial score (nSPS) is 17.1. The van der Waals surface area contributed by atoms with E-state index in [9.17, 15) is 31.7 Å². The Balaban J connectivity index is 1.76. The largest absolute Gasteiger partial charge is 0.426 e. The van der Waals surface area contributed by atoms with Gasteiger partial charge in [-0.1, -0.05) is 19.1 Å². The van der Waals surface area contributed by atoms with Crippen LogP contribution in [0.5, 0.6) is 5.75 Å². The average molecular weight is 579 g/mol. The summed E-state index contributed by atoms with van der Waals surface area (Å²) >= 11 is 0.552. The van der Waals surface area contributed by atoms with Crippen LogP contribution < -0.4 is 14.8 Å². The summed E-state index contributed by atoms with van der Waals surface area (Å²) in [5.41, 5.74) is 0.741. The second-order valence-corrected chi connectivity index (χ2v) is 12.9. The van der Waals surface area contributed by atoms with Gasteiger partial charge in [-0.2, -0.15) is 4.31 Å². The van der Waals surface area contributed by atoms with Crippen LogP contribution in [0.4, 0.5) is 4.79 Å². The molecule has 2 aromatic rings. The zero-order chi connectivity index (χ0) is 27.2. The zero-order valence-corrected chi connectivity index (χ0v) is 22.4. The Labute approximate surface area is 217 Å². The van der Waals surface area contributed by atoms with Crippen LogP contribution in [-0.2, 0) is 36.2 Å². The Hall–Kier alpha value is -2.83. The standard InChI is InChI=1S/C20H26N4O10S3/c1-3-21-17-12-23(9-4-10-32-2)37(30,31)19-16(17)11-18(35-19)36(28,29)22-20(25)34-15-7-5-14(6-8-15)13-33-24(26)27/h5-8,11,17,21H,3-4,9-10,12-13H2,1-2H3,(H,22,25)/t17-/m0/s1. The quantitative estimate of drug-likeness (QED) is 0.212. The number of nitrogens with zero attached hydrogens (tertiary/aromatic N) is 2. The Kier molecular flexibility index (Phi) is 9.43. The predicted molar refractivity (Wildman–Crippen MR) is 131 cm³/mol. The molecule has 0 fully saturated rings. The molecule has 0 unspecified atom stereocenters. The summed E-state index contributed by atoms with van der Waals surface area (Å²) in [5, 5.41) is 12.5. The molecule has 204 valence electrons. The summed E-state index contributed by atoms with van der Waals surface area (Å²) in [5.74, 6) is -0.0236. The molecule has 37 heavy (non-hydrogen) atoms. The summed E-state index contributed by atoms with van der Waals surface area (Å²) < 4.78 is 64.7. The van der Waals surface area contributed by atoms with Gasteiger partial charge in [0.2, 0.25) is 0 Å². The molecule has 0 radical (unpaired) electrons. The molecule has 3 rings (SSSR count). The van der Waals surface area contributed by atoms with Gasteiger partial charge in [0.15, 0.2) is 0 Å². The van der Waals surface area contributed by atoms with E-state index in [1.54, 1.807) is 4.72 Å². The number of nitrogens with one attached hydrogen (secondary N) is 2. The first-order chi connectivity index (χ1) is 17.5. The van der Waals surface area contributed by atoms with Gasteiger partial charge < -0.3 is 19.6 Å². The highest BCUT2D eigenvalue weighted by Crippen LogP contribution is 2.40. The van der Waals surface area contributed by atoms with E-state index in [1.807, 2.05) is 6.92 Å². The molecule has 1 aromatic heterocycles. The van der Waals surface area contributed by atoms with Gasteiger partial charge in [0, 0.05) is 38.4 Å². The van der Waals surface area contributed by atoms with Gasteiger partial charge in [0.1, 0.15) is 20.8 Å². The Bertz CT molecular complexity index is 1330. The van der Waals surface area contributed by atoms with E-state index in [0.717, 1.165) is 0 Å². The minimum Gasteiger partial charge on any atom is -0.410 e. The molecule has 14 nitrogen and oxygen atoms in total. The van der Waals surface area contributed by atoms with Crippen LogP contribution in [-0.4, -0.2) is 65.7 Å². The third-order valence-corrected chi connectivity index (χ3v) is 10.5. The van der Waals surface area contributed by atoms with Crippen molar-refractivity contribution in [2.24, 2.45) is 0 Å². The van der Waals surface area contributed by atoms with Crippen LogP contribution in [0, 0.1) is 10.1 Å². The number of ether oxygens (including phenoxy) is 2. The summed E-state index contributed by atoms with van der Waals surface area (Å²) in [6.45, 7) is 2.77. The molecule has 0 saturated carbocycles. The van der Waals surface area contributed by atoms with Crippen molar-refractivity contribution in [3.63, 3.8) is 0 Å². The number of sulfonamides is 2. The lowest BCUT2D eigenvalue weighted by molar-refractivity contribution is -0.763. The highest BCUT2D eigenvalue weighted by molar-refractivity contribution is 7.94. The van der Waals surface area contributed by atoms with Crippen LogP contribution >= 0.6 is 11.3 Å². The molecule has 0 bridgehead atoms. The van der Waals surface area contributed by atoms with Crippen LogP contribution in [0.1, 0.15) is 30.5 Å². The molecule has 0 aliphatic carbocycles. The van der Waals surface area contributed by atoms with E-state index >= 15 is 0 Å². The predicted octanol–water partition coefficient (Wildman–Crippen LogP) is 1.63. The van der Waals surface area contributed by atoms with Crippen molar-refractivity contribution in [1.29, 1.82) is 0 Å².